The van der Waals surface area contributed by atoms with Gasteiger partial charge < -0.3 is 14.8 Å². The molecule has 0 bridgehead atoms. The van der Waals surface area contributed by atoms with Crippen molar-refractivity contribution >= 4 is 27.7 Å². The standard InChI is InChI=1S/C10H13BrN4O2/c1-14-3-2-4-15(5-7(14)16)9-8(11)10(17)13-6-12-9/h6H,2-5H2,1H3,(H,12,13,17). The maximum Gasteiger partial charge on any atom is 0.267 e. The van der Waals surface area contributed by atoms with E-state index in [0.717, 1.165) is 13.0 Å². The molecule has 17 heavy (non-hydrogen) atoms. The van der Waals surface area contributed by atoms with E-state index in [1.807, 2.05) is 4.90 Å². The molecule has 1 amide bonds. The van der Waals surface area contributed by atoms with E-state index in [9.17, 15) is 9.59 Å². The molecule has 1 N–H and O–H groups in total. The first-order chi connectivity index (χ1) is 8.09. The van der Waals surface area contributed by atoms with E-state index in [-0.39, 0.29) is 18.0 Å². The molecule has 0 aromatic carbocycles. The van der Waals surface area contributed by atoms with E-state index >= 15 is 0 Å². The monoisotopic (exact) mass is 300 g/mol. The van der Waals surface area contributed by atoms with Crippen LogP contribution < -0.4 is 10.5 Å². The van der Waals surface area contributed by atoms with Gasteiger partial charge in [-0.1, -0.05) is 0 Å². The molecule has 0 aliphatic carbocycles. The summed E-state index contributed by atoms with van der Waals surface area (Å²) in [5.41, 5.74) is -0.236. The van der Waals surface area contributed by atoms with Crippen LogP contribution in [0.4, 0.5) is 5.82 Å². The van der Waals surface area contributed by atoms with Crippen molar-refractivity contribution in [1.29, 1.82) is 0 Å². The van der Waals surface area contributed by atoms with Gasteiger partial charge in [0.25, 0.3) is 5.56 Å². The maximum atomic E-state index is 11.7. The third-order valence-electron chi connectivity index (χ3n) is 2.75. The first kappa shape index (κ1) is 12.1. The molecule has 7 heteroatoms. The molecular weight excluding hydrogens is 288 g/mol. The summed E-state index contributed by atoms with van der Waals surface area (Å²) in [6.07, 6.45) is 2.21. The van der Waals surface area contributed by atoms with Gasteiger partial charge in [-0.25, -0.2) is 4.98 Å². The van der Waals surface area contributed by atoms with Gasteiger partial charge in [0, 0.05) is 20.1 Å². The molecule has 0 radical (unpaired) electrons. The van der Waals surface area contributed by atoms with E-state index in [4.69, 9.17) is 0 Å². The molecule has 2 rings (SSSR count). The molecule has 6 nitrogen and oxygen atoms in total. The first-order valence-electron chi connectivity index (χ1n) is 5.31. The van der Waals surface area contributed by atoms with Crippen molar-refractivity contribution in [2.75, 3.05) is 31.6 Å². The van der Waals surface area contributed by atoms with Crippen molar-refractivity contribution < 1.29 is 4.79 Å². The van der Waals surface area contributed by atoms with Crippen molar-refractivity contribution in [1.82, 2.24) is 14.9 Å². The number of aromatic nitrogens is 2. The fourth-order valence-electron chi connectivity index (χ4n) is 1.76. The van der Waals surface area contributed by atoms with Gasteiger partial charge in [-0.2, -0.15) is 0 Å². The lowest BCUT2D eigenvalue weighted by Gasteiger charge is -2.21. The number of aromatic amines is 1. The summed E-state index contributed by atoms with van der Waals surface area (Å²) in [6, 6.07) is 0. The van der Waals surface area contributed by atoms with Crippen LogP contribution in [-0.2, 0) is 4.79 Å². The first-order valence-corrected chi connectivity index (χ1v) is 6.11. The van der Waals surface area contributed by atoms with Crippen LogP contribution in [0, 0.1) is 0 Å². The Labute approximate surface area is 107 Å². The smallest absolute Gasteiger partial charge is 0.267 e. The third kappa shape index (κ3) is 2.49. The number of hydrogen-bond donors (Lipinski definition) is 1. The van der Waals surface area contributed by atoms with Crippen LogP contribution in [0.5, 0.6) is 0 Å². The molecule has 1 aliphatic heterocycles. The maximum absolute atomic E-state index is 11.7. The number of rotatable bonds is 1. The van der Waals surface area contributed by atoms with Crippen LogP contribution in [0.25, 0.3) is 0 Å². The van der Waals surface area contributed by atoms with Crippen LogP contribution in [0.15, 0.2) is 15.6 Å². The van der Waals surface area contributed by atoms with Gasteiger partial charge in [-0.15, -0.1) is 0 Å². The van der Waals surface area contributed by atoms with Crippen LogP contribution in [0.2, 0.25) is 0 Å². The fraction of sp³-hybridized carbons (Fsp3) is 0.500. The van der Waals surface area contributed by atoms with Crippen molar-refractivity contribution in [3.63, 3.8) is 0 Å². The lowest BCUT2D eigenvalue weighted by molar-refractivity contribution is -0.127. The van der Waals surface area contributed by atoms with Crippen LogP contribution in [0.1, 0.15) is 6.42 Å². The molecule has 1 fully saturated rings. The minimum atomic E-state index is -0.236. The van der Waals surface area contributed by atoms with Crippen molar-refractivity contribution in [3.05, 3.63) is 21.2 Å². The SMILES string of the molecule is CN1CCCN(c2nc[nH]c(=O)c2Br)CC1=O. The van der Waals surface area contributed by atoms with Gasteiger partial charge >= 0.3 is 0 Å². The van der Waals surface area contributed by atoms with Crippen LogP contribution in [-0.4, -0.2) is 47.5 Å². The number of halogens is 1. The predicted molar refractivity (Wildman–Crippen MR) is 67.0 cm³/mol. The molecule has 0 atom stereocenters. The number of hydrogen-bond acceptors (Lipinski definition) is 4. The zero-order chi connectivity index (χ0) is 12.4. The summed E-state index contributed by atoms with van der Waals surface area (Å²) < 4.78 is 0.373. The van der Waals surface area contributed by atoms with Crippen molar-refractivity contribution in [2.24, 2.45) is 0 Å². The molecule has 0 spiro atoms. The quantitative estimate of drug-likeness (QED) is 0.804. The molecule has 0 saturated carbocycles. The second kappa shape index (κ2) is 4.87. The Balaban J connectivity index is 2.30. The average molecular weight is 301 g/mol. The Bertz CT molecular complexity index is 487. The number of nitrogens with zero attached hydrogens (tertiary/aromatic N) is 3. The molecular formula is C10H13BrN4O2. The van der Waals surface area contributed by atoms with Crippen LogP contribution >= 0.6 is 15.9 Å². The molecule has 1 aromatic rings. The Morgan fingerprint density at radius 1 is 1.41 bits per heavy atom. The molecule has 1 saturated heterocycles. The highest BCUT2D eigenvalue weighted by Gasteiger charge is 2.22. The summed E-state index contributed by atoms with van der Waals surface area (Å²) >= 11 is 3.20. The summed E-state index contributed by atoms with van der Waals surface area (Å²) in [5.74, 6) is 0.564. The second-order valence-electron chi connectivity index (χ2n) is 3.96. The Hall–Kier alpha value is -1.37. The topological polar surface area (TPSA) is 69.3 Å². The fourth-order valence-corrected chi connectivity index (χ4v) is 2.23. The highest BCUT2D eigenvalue weighted by molar-refractivity contribution is 9.10. The number of carbonyl (C=O) groups is 1. The van der Waals surface area contributed by atoms with Gasteiger partial charge in [0.1, 0.15) is 4.47 Å². The number of carbonyl (C=O) groups excluding carboxylic acids is 1. The van der Waals surface area contributed by atoms with Crippen molar-refractivity contribution in [2.45, 2.75) is 6.42 Å². The molecule has 0 unspecified atom stereocenters. The van der Waals surface area contributed by atoms with Crippen molar-refractivity contribution in [3.8, 4) is 0 Å². The highest BCUT2D eigenvalue weighted by Crippen LogP contribution is 2.20. The minimum absolute atomic E-state index is 0.0384. The van der Waals surface area contributed by atoms with Gasteiger partial charge in [0.05, 0.1) is 12.9 Å². The number of H-pyrrole nitrogens is 1. The van der Waals surface area contributed by atoms with E-state index in [2.05, 4.69) is 25.9 Å². The van der Waals surface area contributed by atoms with E-state index in [0.29, 0.717) is 16.8 Å². The average Bonchev–Trinajstić information content (AvgIpc) is 2.46. The number of amides is 1. The normalized spacial score (nSPS) is 17.2. The van der Waals surface area contributed by atoms with Crippen LogP contribution in [0.3, 0.4) is 0 Å². The van der Waals surface area contributed by atoms with E-state index in [1.54, 1.807) is 11.9 Å². The third-order valence-corrected chi connectivity index (χ3v) is 3.47. The number of nitrogens with one attached hydrogen (secondary N) is 1. The van der Waals surface area contributed by atoms with E-state index in [1.165, 1.54) is 6.33 Å². The largest absolute Gasteiger partial charge is 0.346 e. The van der Waals surface area contributed by atoms with Gasteiger partial charge in [-0.3, -0.25) is 9.59 Å². The number of likely N-dealkylation sites (N-methyl/N-ethyl adjacent to an activating group) is 1. The molecule has 1 aliphatic rings. The minimum Gasteiger partial charge on any atom is -0.346 e. The zero-order valence-corrected chi connectivity index (χ0v) is 11.0. The lowest BCUT2D eigenvalue weighted by Crippen LogP contribution is -2.35. The summed E-state index contributed by atoms with van der Waals surface area (Å²) in [7, 11) is 1.78. The number of anilines is 1. The van der Waals surface area contributed by atoms with Gasteiger partial charge in [0.15, 0.2) is 5.82 Å². The Morgan fingerprint density at radius 3 is 2.94 bits per heavy atom. The molecule has 1 aromatic heterocycles. The predicted octanol–water partition coefficient (Wildman–Crippen LogP) is 0.201. The van der Waals surface area contributed by atoms with Gasteiger partial charge in [0.2, 0.25) is 5.91 Å². The summed E-state index contributed by atoms with van der Waals surface area (Å²) in [5, 5.41) is 0. The second-order valence-corrected chi connectivity index (χ2v) is 4.75. The Kier molecular flexibility index (Phi) is 3.46. The molecule has 2 heterocycles. The zero-order valence-electron chi connectivity index (χ0n) is 9.44. The summed E-state index contributed by atoms with van der Waals surface area (Å²) in [6.45, 7) is 1.70. The molecule has 92 valence electrons. The lowest BCUT2D eigenvalue weighted by atomic mass is 10.4. The highest BCUT2D eigenvalue weighted by atomic mass is 79.9. The Morgan fingerprint density at radius 2 is 2.18 bits per heavy atom. The van der Waals surface area contributed by atoms with Gasteiger partial charge in [-0.05, 0) is 22.4 Å². The summed E-state index contributed by atoms with van der Waals surface area (Å²) in [4.78, 5) is 33.3. The van der Waals surface area contributed by atoms with E-state index < -0.39 is 0 Å².